The molecular weight excluding hydrogens is 341 g/mol. The molecule has 1 aliphatic rings. The van der Waals surface area contributed by atoms with Crippen LogP contribution < -0.4 is 5.32 Å². The van der Waals surface area contributed by atoms with Crippen LogP contribution in [0.15, 0.2) is 18.2 Å². The first-order valence-electron chi connectivity index (χ1n) is 7.15. The normalized spacial score (nSPS) is 14.6. The zero-order chi connectivity index (χ0) is 17.0. The number of amides is 3. The number of hydrogen-bond acceptors (Lipinski definition) is 3. The first-order valence-corrected chi connectivity index (χ1v) is 7.90. The zero-order valence-electron chi connectivity index (χ0n) is 12.6. The average molecular weight is 358 g/mol. The summed E-state index contributed by atoms with van der Waals surface area (Å²) in [5, 5.41) is 3.34. The molecule has 1 fully saturated rings. The molecule has 0 aliphatic carbocycles. The van der Waals surface area contributed by atoms with Gasteiger partial charge >= 0.3 is 0 Å². The van der Waals surface area contributed by atoms with Crippen LogP contribution >= 0.6 is 23.2 Å². The van der Waals surface area contributed by atoms with Gasteiger partial charge in [-0.05, 0) is 18.2 Å². The van der Waals surface area contributed by atoms with Gasteiger partial charge in [-0.25, -0.2) is 0 Å². The van der Waals surface area contributed by atoms with Crippen LogP contribution in [0.1, 0.15) is 13.3 Å². The summed E-state index contributed by atoms with van der Waals surface area (Å²) in [7, 11) is 0. The van der Waals surface area contributed by atoms with Crippen molar-refractivity contribution < 1.29 is 14.4 Å². The molecule has 1 saturated heterocycles. The van der Waals surface area contributed by atoms with Crippen molar-refractivity contribution in [3.63, 3.8) is 0 Å². The lowest BCUT2D eigenvalue weighted by molar-refractivity contribution is -0.140. The summed E-state index contributed by atoms with van der Waals surface area (Å²) in [6.07, 6.45) is -0.250. The van der Waals surface area contributed by atoms with Crippen LogP contribution in [0.5, 0.6) is 0 Å². The van der Waals surface area contributed by atoms with Crippen LogP contribution in [0.3, 0.4) is 0 Å². The molecule has 0 spiro atoms. The number of carbonyl (C=O) groups excluding carboxylic acids is 3. The standard InChI is InChI=1S/C15H17Cl2N3O3/c1-10(21)19-4-6-20(7-5-19)15(23)9-14(22)18-11-2-3-12(16)13(17)8-11/h2-3,8H,4-7,9H2,1H3,(H,18,22). The molecule has 1 aromatic rings. The molecule has 3 amide bonds. The summed E-state index contributed by atoms with van der Waals surface area (Å²) in [4.78, 5) is 38.6. The van der Waals surface area contributed by atoms with Crippen molar-refractivity contribution in [1.82, 2.24) is 9.80 Å². The molecule has 1 heterocycles. The quantitative estimate of drug-likeness (QED) is 0.841. The molecule has 124 valence electrons. The number of halogens is 2. The van der Waals surface area contributed by atoms with Gasteiger partial charge < -0.3 is 15.1 Å². The Hall–Kier alpha value is -1.79. The topological polar surface area (TPSA) is 69.7 Å². The number of piperazine rings is 1. The molecule has 0 atom stereocenters. The molecule has 8 heteroatoms. The highest BCUT2D eigenvalue weighted by Crippen LogP contribution is 2.25. The van der Waals surface area contributed by atoms with Gasteiger partial charge in [0.2, 0.25) is 17.7 Å². The monoisotopic (exact) mass is 357 g/mol. The maximum Gasteiger partial charge on any atom is 0.233 e. The van der Waals surface area contributed by atoms with Gasteiger partial charge in [0.25, 0.3) is 0 Å². The smallest absolute Gasteiger partial charge is 0.233 e. The minimum absolute atomic E-state index is 0.00513. The summed E-state index contributed by atoms with van der Waals surface area (Å²) in [5.74, 6) is -0.678. The predicted octanol–water partition coefficient (Wildman–Crippen LogP) is 2.01. The van der Waals surface area contributed by atoms with Gasteiger partial charge in [0, 0.05) is 38.8 Å². The molecular formula is C15H17Cl2N3O3. The summed E-state index contributed by atoms with van der Waals surface area (Å²) >= 11 is 11.7. The largest absolute Gasteiger partial charge is 0.339 e. The third-order valence-electron chi connectivity index (χ3n) is 3.59. The van der Waals surface area contributed by atoms with Gasteiger partial charge in [-0.2, -0.15) is 0 Å². The first kappa shape index (κ1) is 17.6. The van der Waals surface area contributed by atoms with Gasteiger partial charge in [0.05, 0.1) is 10.0 Å². The second-order valence-electron chi connectivity index (χ2n) is 5.24. The second kappa shape index (κ2) is 7.66. The van der Waals surface area contributed by atoms with Crippen LogP contribution in [-0.2, 0) is 14.4 Å². The highest BCUT2D eigenvalue weighted by Gasteiger charge is 2.23. The van der Waals surface area contributed by atoms with E-state index in [0.717, 1.165) is 0 Å². The molecule has 6 nitrogen and oxygen atoms in total. The van der Waals surface area contributed by atoms with E-state index in [0.29, 0.717) is 41.9 Å². The Balaban J connectivity index is 1.84. The van der Waals surface area contributed by atoms with E-state index in [1.807, 2.05) is 0 Å². The molecule has 0 unspecified atom stereocenters. The molecule has 1 aliphatic heterocycles. The van der Waals surface area contributed by atoms with Crippen molar-refractivity contribution in [3.8, 4) is 0 Å². The van der Waals surface area contributed by atoms with Gasteiger partial charge in [-0.1, -0.05) is 23.2 Å². The third-order valence-corrected chi connectivity index (χ3v) is 4.33. The van der Waals surface area contributed by atoms with Gasteiger partial charge in [0.15, 0.2) is 0 Å². The third kappa shape index (κ3) is 4.84. The van der Waals surface area contributed by atoms with Crippen LogP contribution in [0.2, 0.25) is 10.0 Å². The summed E-state index contributed by atoms with van der Waals surface area (Å²) in [6, 6.07) is 4.71. The van der Waals surface area contributed by atoms with E-state index in [-0.39, 0.29) is 18.2 Å². The SMILES string of the molecule is CC(=O)N1CCN(C(=O)CC(=O)Nc2ccc(Cl)c(Cl)c2)CC1. The van der Waals surface area contributed by atoms with Crippen molar-refractivity contribution in [3.05, 3.63) is 28.2 Å². The minimum Gasteiger partial charge on any atom is -0.339 e. The number of benzene rings is 1. The van der Waals surface area contributed by atoms with Crippen molar-refractivity contribution in [2.24, 2.45) is 0 Å². The van der Waals surface area contributed by atoms with E-state index >= 15 is 0 Å². The number of nitrogens with one attached hydrogen (secondary N) is 1. The summed E-state index contributed by atoms with van der Waals surface area (Å²) in [5.41, 5.74) is 0.485. The highest BCUT2D eigenvalue weighted by molar-refractivity contribution is 6.42. The van der Waals surface area contributed by atoms with Crippen molar-refractivity contribution in [2.45, 2.75) is 13.3 Å². The molecule has 0 aromatic heterocycles. The number of hydrogen-bond donors (Lipinski definition) is 1. The van der Waals surface area contributed by atoms with Gasteiger partial charge in [-0.3, -0.25) is 14.4 Å². The van der Waals surface area contributed by atoms with Crippen LogP contribution in [0, 0.1) is 0 Å². The molecule has 23 heavy (non-hydrogen) atoms. The maximum atomic E-state index is 12.1. The molecule has 0 bridgehead atoms. The Morgan fingerprint density at radius 2 is 1.65 bits per heavy atom. The number of rotatable bonds is 3. The Morgan fingerprint density at radius 1 is 1.04 bits per heavy atom. The lowest BCUT2D eigenvalue weighted by Crippen LogP contribution is -2.50. The Kier molecular flexibility index (Phi) is 5.85. The zero-order valence-corrected chi connectivity index (χ0v) is 14.2. The lowest BCUT2D eigenvalue weighted by atomic mass is 10.2. The number of nitrogens with zero attached hydrogens (tertiary/aromatic N) is 2. The maximum absolute atomic E-state index is 12.1. The van der Waals surface area contributed by atoms with Crippen molar-refractivity contribution in [2.75, 3.05) is 31.5 Å². The minimum atomic E-state index is -0.414. The van der Waals surface area contributed by atoms with E-state index < -0.39 is 5.91 Å². The van der Waals surface area contributed by atoms with Gasteiger partial charge in [-0.15, -0.1) is 0 Å². The van der Waals surface area contributed by atoms with Crippen molar-refractivity contribution >= 4 is 46.6 Å². The van der Waals surface area contributed by atoms with E-state index in [4.69, 9.17) is 23.2 Å². The number of anilines is 1. The lowest BCUT2D eigenvalue weighted by Gasteiger charge is -2.34. The van der Waals surface area contributed by atoms with E-state index in [9.17, 15) is 14.4 Å². The Bertz CT molecular complexity index is 628. The summed E-state index contributed by atoms with van der Waals surface area (Å²) in [6.45, 7) is 3.38. The van der Waals surface area contributed by atoms with E-state index in [1.54, 1.807) is 21.9 Å². The molecule has 1 aromatic carbocycles. The van der Waals surface area contributed by atoms with Crippen molar-refractivity contribution in [1.29, 1.82) is 0 Å². The fourth-order valence-corrected chi connectivity index (χ4v) is 2.60. The predicted molar refractivity (Wildman–Crippen MR) is 88.5 cm³/mol. The molecule has 0 saturated carbocycles. The molecule has 2 rings (SSSR count). The summed E-state index contributed by atoms with van der Waals surface area (Å²) < 4.78 is 0. The second-order valence-corrected chi connectivity index (χ2v) is 6.06. The molecule has 0 radical (unpaired) electrons. The van der Waals surface area contributed by atoms with E-state index in [1.165, 1.54) is 13.0 Å². The van der Waals surface area contributed by atoms with E-state index in [2.05, 4.69) is 5.32 Å². The highest BCUT2D eigenvalue weighted by atomic mass is 35.5. The van der Waals surface area contributed by atoms with Gasteiger partial charge in [0.1, 0.15) is 6.42 Å². The first-order chi connectivity index (χ1) is 10.9. The molecule has 1 N–H and O–H groups in total. The van der Waals surface area contributed by atoms with Crippen LogP contribution in [0.4, 0.5) is 5.69 Å². The van der Waals surface area contributed by atoms with Crippen LogP contribution in [-0.4, -0.2) is 53.7 Å². The van der Waals surface area contributed by atoms with Crippen LogP contribution in [0.25, 0.3) is 0 Å². The Labute approximate surface area is 144 Å². The average Bonchev–Trinajstić information content (AvgIpc) is 2.51. The Morgan fingerprint density at radius 3 is 2.22 bits per heavy atom. The fraction of sp³-hybridized carbons (Fsp3) is 0.400. The fourth-order valence-electron chi connectivity index (χ4n) is 2.30. The number of carbonyl (C=O) groups is 3.